The molecule has 0 heterocycles. The average Bonchev–Trinajstić information content (AvgIpc) is 2.39. The van der Waals surface area contributed by atoms with Gasteiger partial charge in [0.1, 0.15) is 0 Å². The molecule has 0 aromatic heterocycles. The van der Waals surface area contributed by atoms with Gasteiger partial charge < -0.3 is 5.84 Å². The van der Waals surface area contributed by atoms with E-state index in [0.717, 1.165) is 5.92 Å². The fourth-order valence-corrected chi connectivity index (χ4v) is 3.37. The van der Waals surface area contributed by atoms with Crippen LogP contribution in [0.25, 0.3) is 0 Å². The minimum Gasteiger partial charge on any atom is -0.323 e. The van der Waals surface area contributed by atoms with Crippen LogP contribution in [0, 0.1) is 16.7 Å². The van der Waals surface area contributed by atoms with Crippen molar-refractivity contribution < 1.29 is 0 Å². The predicted octanol–water partition coefficient (Wildman–Crippen LogP) is 2.15. The van der Waals surface area contributed by atoms with Crippen molar-refractivity contribution in [3.8, 4) is 0 Å². The van der Waals surface area contributed by atoms with E-state index >= 15 is 0 Å². The fourth-order valence-electron chi connectivity index (χ4n) is 3.37. The molecule has 68 valence electrons. The van der Waals surface area contributed by atoms with Gasteiger partial charge in [-0.3, -0.25) is 0 Å². The molecule has 2 rings (SSSR count). The van der Waals surface area contributed by atoms with Crippen molar-refractivity contribution in [3.63, 3.8) is 0 Å². The SMILES string of the molecule is CC1(C)/C(=N\N)[C@]2(C)CC[C@H]1C2. The lowest BCUT2D eigenvalue weighted by Gasteiger charge is -2.34. The van der Waals surface area contributed by atoms with Gasteiger partial charge in [0.05, 0.1) is 0 Å². The van der Waals surface area contributed by atoms with E-state index in [1.54, 1.807) is 0 Å². The van der Waals surface area contributed by atoms with E-state index in [1.807, 2.05) is 0 Å². The van der Waals surface area contributed by atoms with E-state index in [0.29, 0.717) is 5.41 Å². The molecule has 0 unspecified atom stereocenters. The number of rotatable bonds is 0. The van der Waals surface area contributed by atoms with Crippen molar-refractivity contribution in [1.82, 2.24) is 0 Å². The van der Waals surface area contributed by atoms with E-state index in [-0.39, 0.29) is 5.41 Å². The van der Waals surface area contributed by atoms with Crippen LogP contribution in [0.2, 0.25) is 0 Å². The highest BCUT2D eigenvalue weighted by Crippen LogP contribution is 2.60. The summed E-state index contributed by atoms with van der Waals surface area (Å²) in [4.78, 5) is 0. The first kappa shape index (κ1) is 8.09. The summed E-state index contributed by atoms with van der Waals surface area (Å²) in [5, 5.41) is 4.01. The number of fused-ring (bicyclic) bond motifs is 2. The zero-order valence-corrected chi connectivity index (χ0v) is 8.22. The van der Waals surface area contributed by atoms with E-state index < -0.39 is 0 Å². The van der Waals surface area contributed by atoms with E-state index in [2.05, 4.69) is 25.9 Å². The van der Waals surface area contributed by atoms with Gasteiger partial charge >= 0.3 is 0 Å². The average molecular weight is 166 g/mol. The van der Waals surface area contributed by atoms with Crippen LogP contribution in [0.1, 0.15) is 40.0 Å². The van der Waals surface area contributed by atoms with Crippen molar-refractivity contribution in [2.24, 2.45) is 27.7 Å². The lowest BCUT2D eigenvalue weighted by molar-refractivity contribution is 0.332. The maximum absolute atomic E-state index is 5.47. The third-order valence-electron chi connectivity index (χ3n) is 4.07. The Kier molecular flexibility index (Phi) is 1.37. The number of nitrogens with two attached hydrogens (primary N) is 1. The molecule has 2 aliphatic rings. The molecule has 0 aromatic carbocycles. The van der Waals surface area contributed by atoms with Crippen molar-refractivity contribution in [2.75, 3.05) is 0 Å². The monoisotopic (exact) mass is 166 g/mol. The molecule has 2 aliphatic carbocycles. The van der Waals surface area contributed by atoms with E-state index in [4.69, 9.17) is 5.84 Å². The van der Waals surface area contributed by atoms with E-state index in [1.165, 1.54) is 25.0 Å². The molecule has 2 nitrogen and oxygen atoms in total. The Labute approximate surface area is 74.2 Å². The van der Waals surface area contributed by atoms with Gasteiger partial charge in [-0.05, 0) is 25.2 Å². The van der Waals surface area contributed by atoms with Crippen LogP contribution < -0.4 is 5.84 Å². The van der Waals surface area contributed by atoms with Gasteiger partial charge in [-0.2, -0.15) is 5.10 Å². The first-order valence-electron chi connectivity index (χ1n) is 4.79. The van der Waals surface area contributed by atoms with E-state index in [9.17, 15) is 0 Å². The Balaban J connectivity index is 2.45. The van der Waals surface area contributed by atoms with Crippen LogP contribution >= 0.6 is 0 Å². The molecule has 12 heavy (non-hydrogen) atoms. The standard InChI is InChI=1S/C10H18N2/c1-9(2)7-4-5-10(3,6-7)8(9)12-11/h7H,4-6,11H2,1-3H3/b12-8+/t7-,10+/m0/s1. The van der Waals surface area contributed by atoms with Crippen molar-refractivity contribution in [2.45, 2.75) is 40.0 Å². The molecule has 2 N–H and O–H groups in total. The first-order valence-corrected chi connectivity index (χ1v) is 4.79. The van der Waals surface area contributed by atoms with Crippen LogP contribution in [0.5, 0.6) is 0 Å². The fraction of sp³-hybridized carbons (Fsp3) is 0.900. The topological polar surface area (TPSA) is 38.4 Å². The normalized spacial score (nSPS) is 47.2. The summed E-state index contributed by atoms with van der Waals surface area (Å²) in [5.74, 6) is 6.29. The summed E-state index contributed by atoms with van der Waals surface area (Å²) in [7, 11) is 0. The smallest absolute Gasteiger partial charge is 0.0493 e. The largest absolute Gasteiger partial charge is 0.323 e. The summed E-state index contributed by atoms with van der Waals surface area (Å²) < 4.78 is 0. The summed E-state index contributed by atoms with van der Waals surface area (Å²) in [6.45, 7) is 6.88. The highest BCUT2D eigenvalue weighted by atomic mass is 15.1. The lowest BCUT2D eigenvalue weighted by Crippen LogP contribution is -2.36. The van der Waals surface area contributed by atoms with Crippen LogP contribution in [-0.2, 0) is 0 Å². The molecule has 2 fully saturated rings. The maximum atomic E-state index is 5.47. The molecule has 0 spiro atoms. The molecule has 0 aromatic rings. The van der Waals surface area contributed by atoms with Gasteiger partial charge in [-0.1, -0.05) is 20.8 Å². The Bertz CT molecular complexity index is 235. The Morgan fingerprint density at radius 1 is 1.42 bits per heavy atom. The van der Waals surface area contributed by atoms with Gasteiger partial charge in [0.2, 0.25) is 0 Å². The minimum atomic E-state index is 0.266. The number of nitrogens with zero attached hydrogens (tertiary/aromatic N) is 1. The van der Waals surface area contributed by atoms with Crippen molar-refractivity contribution in [3.05, 3.63) is 0 Å². The van der Waals surface area contributed by atoms with Gasteiger partial charge in [-0.15, -0.1) is 0 Å². The summed E-state index contributed by atoms with van der Waals surface area (Å²) in [5.41, 5.74) is 1.86. The zero-order valence-electron chi connectivity index (χ0n) is 8.22. The van der Waals surface area contributed by atoms with Gasteiger partial charge in [0.15, 0.2) is 0 Å². The number of hydrogen-bond donors (Lipinski definition) is 1. The van der Waals surface area contributed by atoms with Crippen molar-refractivity contribution >= 4 is 5.71 Å². The van der Waals surface area contributed by atoms with Crippen LogP contribution in [0.4, 0.5) is 0 Å². The highest BCUT2D eigenvalue weighted by molar-refractivity contribution is 5.97. The Morgan fingerprint density at radius 3 is 2.42 bits per heavy atom. The van der Waals surface area contributed by atoms with Gasteiger partial charge in [-0.25, -0.2) is 0 Å². The third-order valence-corrected chi connectivity index (χ3v) is 4.07. The molecular weight excluding hydrogens is 148 g/mol. The van der Waals surface area contributed by atoms with Gasteiger partial charge in [0.25, 0.3) is 0 Å². The molecule has 2 atom stereocenters. The molecular formula is C10H18N2. The second-order valence-electron chi connectivity index (χ2n) is 5.20. The van der Waals surface area contributed by atoms with Crippen molar-refractivity contribution in [1.29, 1.82) is 0 Å². The summed E-state index contributed by atoms with van der Waals surface area (Å²) >= 11 is 0. The molecule has 2 heteroatoms. The maximum Gasteiger partial charge on any atom is 0.0493 e. The second-order valence-corrected chi connectivity index (χ2v) is 5.20. The molecule has 0 aliphatic heterocycles. The van der Waals surface area contributed by atoms with Crippen LogP contribution in [0.15, 0.2) is 5.10 Å². The Hall–Kier alpha value is -0.530. The first-order chi connectivity index (χ1) is 5.50. The number of hydrogen-bond acceptors (Lipinski definition) is 2. The molecule has 0 amide bonds. The highest BCUT2D eigenvalue weighted by Gasteiger charge is 2.57. The molecule has 2 bridgehead atoms. The minimum absolute atomic E-state index is 0.266. The number of hydrazone groups is 1. The van der Waals surface area contributed by atoms with Gasteiger partial charge in [0, 0.05) is 16.5 Å². The Morgan fingerprint density at radius 2 is 2.08 bits per heavy atom. The second kappa shape index (κ2) is 2.04. The molecule has 0 radical (unpaired) electrons. The summed E-state index contributed by atoms with van der Waals surface area (Å²) in [6.07, 6.45) is 3.95. The molecule has 0 saturated heterocycles. The quantitative estimate of drug-likeness (QED) is 0.434. The van der Waals surface area contributed by atoms with Crippen LogP contribution in [0.3, 0.4) is 0 Å². The predicted molar refractivity (Wildman–Crippen MR) is 50.9 cm³/mol. The zero-order chi connectivity index (χ0) is 8.98. The summed E-state index contributed by atoms with van der Waals surface area (Å²) in [6, 6.07) is 0. The lowest BCUT2D eigenvalue weighted by atomic mass is 9.71. The third kappa shape index (κ3) is 0.732. The molecule has 2 saturated carbocycles. The van der Waals surface area contributed by atoms with Crippen LogP contribution in [-0.4, -0.2) is 5.71 Å².